The van der Waals surface area contributed by atoms with E-state index in [9.17, 15) is 0 Å². The average molecular weight is 241 g/mol. The maximum atomic E-state index is 5.77. The lowest BCUT2D eigenvalue weighted by Crippen LogP contribution is -2.38. The van der Waals surface area contributed by atoms with E-state index in [1.807, 2.05) is 6.92 Å². The summed E-state index contributed by atoms with van der Waals surface area (Å²) in [6.45, 7) is 12.4. The molecule has 0 amide bonds. The third kappa shape index (κ3) is 4.20. The fourth-order valence-electron chi connectivity index (χ4n) is 1.62. The summed E-state index contributed by atoms with van der Waals surface area (Å²) in [5, 5.41) is 3.31. The highest BCUT2D eigenvalue weighted by Crippen LogP contribution is 2.18. The Morgan fingerprint density at radius 1 is 1.50 bits per heavy atom. The molecule has 0 aliphatic heterocycles. The van der Waals surface area contributed by atoms with Gasteiger partial charge < -0.3 is 5.73 Å². The van der Waals surface area contributed by atoms with Gasteiger partial charge in [-0.05, 0) is 25.4 Å². The van der Waals surface area contributed by atoms with Crippen molar-refractivity contribution in [1.29, 1.82) is 0 Å². The van der Waals surface area contributed by atoms with Crippen LogP contribution in [0.3, 0.4) is 0 Å². The third-order valence-corrected chi connectivity index (χ3v) is 3.63. The number of nitrogens with two attached hydrogens (primary N) is 1. The Labute approximate surface area is 103 Å². The molecule has 1 rings (SSSR count). The molecule has 0 radical (unpaired) electrons. The molecule has 0 fully saturated rings. The van der Waals surface area contributed by atoms with Gasteiger partial charge in [0.1, 0.15) is 5.01 Å². The molecule has 0 spiro atoms. The summed E-state index contributed by atoms with van der Waals surface area (Å²) in [4.78, 5) is 6.91. The van der Waals surface area contributed by atoms with E-state index in [0.29, 0.717) is 0 Å². The molecule has 16 heavy (non-hydrogen) atoms. The summed E-state index contributed by atoms with van der Waals surface area (Å²) >= 11 is 1.74. The van der Waals surface area contributed by atoms with Gasteiger partial charge >= 0.3 is 0 Å². The third-order valence-electron chi connectivity index (χ3n) is 2.68. The second-order valence-electron chi connectivity index (χ2n) is 5.05. The summed E-state index contributed by atoms with van der Waals surface area (Å²) in [6, 6.07) is 0. The van der Waals surface area contributed by atoms with Crippen molar-refractivity contribution in [3.63, 3.8) is 0 Å². The summed E-state index contributed by atoms with van der Waals surface area (Å²) in [5.74, 6) is 0. The quantitative estimate of drug-likeness (QED) is 0.830. The second kappa shape index (κ2) is 5.75. The molecule has 0 atom stereocenters. The van der Waals surface area contributed by atoms with Gasteiger partial charge in [0, 0.05) is 17.6 Å². The summed E-state index contributed by atoms with van der Waals surface area (Å²) in [6.07, 6.45) is 0. The minimum absolute atomic E-state index is 0.183. The van der Waals surface area contributed by atoms with E-state index in [2.05, 4.69) is 36.0 Å². The van der Waals surface area contributed by atoms with Crippen molar-refractivity contribution < 1.29 is 0 Å². The molecule has 4 heteroatoms. The van der Waals surface area contributed by atoms with Gasteiger partial charge in [0.05, 0.1) is 6.54 Å². The molecule has 0 aliphatic carbocycles. The summed E-state index contributed by atoms with van der Waals surface area (Å²) < 4.78 is 0. The molecule has 92 valence electrons. The van der Waals surface area contributed by atoms with Crippen molar-refractivity contribution in [3.05, 3.63) is 16.1 Å². The van der Waals surface area contributed by atoms with E-state index in [-0.39, 0.29) is 5.41 Å². The van der Waals surface area contributed by atoms with Crippen molar-refractivity contribution in [2.24, 2.45) is 11.1 Å². The maximum Gasteiger partial charge on any atom is 0.107 e. The van der Waals surface area contributed by atoms with Crippen LogP contribution < -0.4 is 5.73 Å². The Balaban J connectivity index is 2.55. The predicted octanol–water partition coefficient (Wildman–Crippen LogP) is 2.26. The van der Waals surface area contributed by atoms with Crippen LogP contribution in [0.25, 0.3) is 0 Å². The predicted molar refractivity (Wildman–Crippen MR) is 70.6 cm³/mol. The van der Waals surface area contributed by atoms with Crippen LogP contribution in [0.2, 0.25) is 0 Å². The number of thiazole rings is 1. The number of rotatable bonds is 6. The van der Waals surface area contributed by atoms with Crippen LogP contribution >= 0.6 is 11.3 Å². The highest BCUT2D eigenvalue weighted by Gasteiger charge is 2.19. The number of hydrogen-bond acceptors (Lipinski definition) is 4. The standard InChI is InChI=1S/C12H23N3S/c1-5-15(9-12(3,4)8-13)6-11-14-10(2)7-16-11/h7H,5-6,8-9,13H2,1-4H3. The zero-order valence-corrected chi connectivity index (χ0v) is 11.6. The largest absolute Gasteiger partial charge is 0.330 e. The van der Waals surface area contributed by atoms with Crippen LogP contribution in [-0.2, 0) is 6.54 Å². The lowest BCUT2D eigenvalue weighted by Gasteiger charge is -2.30. The van der Waals surface area contributed by atoms with E-state index in [4.69, 9.17) is 5.73 Å². The first-order chi connectivity index (χ1) is 7.46. The first-order valence-electron chi connectivity index (χ1n) is 5.80. The maximum absolute atomic E-state index is 5.77. The van der Waals surface area contributed by atoms with Gasteiger partial charge in [-0.3, -0.25) is 4.90 Å². The van der Waals surface area contributed by atoms with Gasteiger partial charge in [-0.15, -0.1) is 11.3 Å². The van der Waals surface area contributed by atoms with Gasteiger partial charge in [0.15, 0.2) is 0 Å². The monoisotopic (exact) mass is 241 g/mol. The van der Waals surface area contributed by atoms with Crippen LogP contribution in [0.4, 0.5) is 0 Å². The molecule has 0 unspecified atom stereocenters. The molecule has 2 N–H and O–H groups in total. The van der Waals surface area contributed by atoms with Gasteiger partial charge in [0.2, 0.25) is 0 Å². The molecule has 1 aromatic rings. The van der Waals surface area contributed by atoms with Crippen molar-refractivity contribution in [1.82, 2.24) is 9.88 Å². The zero-order chi connectivity index (χ0) is 12.2. The first kappa shape index (κ1) is 13.6. The molecule has 3 nitrogen and oxygen atoms in total. The van der Waals surface area contributed by atoms with E-state index in [1.165, 1.54) is 5.01 Å². The first-order valence-corrected chi connectivity index (χ1v) is 6.68. The molecular weight excluding hydrogens is 218 g/mol. The van der Waals surface area contributed by atoms with Crippen LogP contribution in [0.5, 0.6) is 0 Å². The fraction of sp³-hybridized carbons (Fsp3) is 0.750. The van der Waals surface area contributed by atoms with Crippen LogP contribution in [0.1, 0.15) is 31.5 Å². The smallest absolute Gasteiger partial charge is 0.107 e. The molecule has 0 bridgehead atoms. The molecule has 0 saturated carbocycles. The number of aryl methyl sites for hydroxylation is 1. The molecule has 1 aromatic heterocycles. The Bertz CT molecular complexity index is 320. The molecule has 1 heterocycles. The van der Waals surface area contributed by atoms with Gasteiger partial charge in [-0.1, -0.05) is 20.8 Å². The van der Waals surface area contributed by atoms with E-state index in [0.717, 1.165) is 31.9 Å². The molecular formula is C12H23N3S. The molecule has 0 saturated heterocycles. The summed E-state index contributed by atoms with van der Waals surface area (Å²) in [7, 11) is 0. The highest BCUT2D eigenvalue weighted by atomic mass is 32.1. The number of aromatic nitrogens is 1. The van der Waals surface area contributed by atoms with Gasteiger partial charge in [0.25, 0.3) is 0 Å². The van der Waals surface area contributed by atoms with Crippen LogP contribution in [0, 0.1) is 12.3 Å². The van der Waals surface area contributed by atoms with Crippen LogP contribution in [0.15, 0.2) is 5.38 Å². The Kier molecular flexibility index (Phi) is 4.89. The Morgan fingerprint density at radius 2 is 2.19 bits per heavy atom. The normalized spacial score (nSPS) is 12.4. The Hall–Kier alpha value is -0.450. The van der Waals surface area contributed by atoms with Crippen molar-refractivity contribution >= 4 is 11.3 Å². The minimum atomic E-state index is 0.183. The minimum Gasteiger partial charge on any atom is -0.330 e. The average Bonchev–Trinajstić information content (AvgIpc) is 2.63. The zero-order valence-electron chi connectivity index (χ0n) is 10.8. The fourth-order valence-corrected chi connectivity index (χ4v) is 2.43. The molecule has 0 aliphatic rings. The number of nitrogens with zero attached hydrogens (tertiary/aromatic N) is 2. The van der Waals surface area contributed by atoms with E-state index < -0.39 is 0 Å². The second-order valence-corrected chi connectivity index (χ2v) is 6.00. The Morgan fingerprint density at radius 3 is 2.62 bits per heavy atom. The van der Waals surface area contributed by atoms with Crippen molar-refractivity contribution in [2.45, 2.75) is 34.2 Å². The molecule has 0 aromatic carbocycles. The highest BCUT2D eigenvalue weighted by molar-refractivity contribution is 7.09. The lowest BCUT2D eigenvalue weighted by molar-refractivity contribution is 0.183. The van der Waals surface area contributed by atoms with Crippen molar-refractivity contribution in [2.75, 3.05) is 19.6 Å². The van der Waals surface area contributed by atoms with Crippen LogP contribution in [-0.4, -0.2) is 29.5 Å². The number of hydrogen-bond donors (Lipinski definition) is 1. The lowest BCUT2D eigenvalue weighted by atomic mass is 9.93. The van der Waals surface area contributed by atoms with E-state index in [1.54, 1.807) is 11.3 Å². The summed E-state index contributed by atoms with van der Waals surface area (Å²) in [5.41, 5.74) is 7.07. The SMILES string of the molecule is CCN(Cc1nc(C)cs1)CC(C)(C)CN. The van der Waals surface area contributed by atoms with Gasteiger partial charge in [-0.25, -0.2) is 4.98 Å². The van der Waals surface area contributed by atoms with Crippen molar-refractivity contribution in [3.8, 4) is 0 Å². The van der Waals surface area contributed by atoms with Gasteiger partial charge in [-0.2, -0.15) is 0 Å². The topological polar surface area (TPSA) is 42.2 Å². The van der Waals surface area contributed by atoms with E-state index >= 15 is 0 Å².